The number of rotatable bonds is 4. The quantitative estimate of drug-likeness (QED) is 0.592. The van der Waals surface area contributed by atoms with E-state index in [0.29, 0.717) is 11.2 Å². The van der Waals surface area contributed by atoms with Crippen LogP contribution < -0.4 is 0 Å². The Bertz CT molecular complexity index is 788. The third-order valence-electron chi connectivity index (χ3n) is 3.04. The summed E-state index contributed by atoms with van der Waals surface area (Å²) in [6.45, 7) is 0. The van der Waals surface area contributed by atoms with Gasteiger partial charge in [0.25, 0.3) is 0 Å². The Kier molecular flexibility index (Phi) is 4.02. The van der Waals surface area contributed by atoms with Gasteiger partial charge >= 0.3 is 0 Å². The zero-order valence-electron chi connectivity index (χ0n) is 11.3. The van der Waals surface area contributed by atoms with Crippen LogP contribution >= 0.6 is 12.2 Å². The van der Waals surface area contributed by atoms with Gasteiger partial charge in [-0.15, -0.1) is 0 Å². The molecule has 0 bridgehead atoms. The van der Waals surface area contributed by atoms with E-state index < -0.39 is 0 Å². The molecule has 21 heavy (non-hydrogen) atoms. The van der Waals surface area contributed by atoms with Crippen LogP contribution in [0.5, 0.6) is 0 Å². The zero-order valence-corrected chi connectivity index (χ0v) is 12.1. The molecule has 1 aromatic heterocycles. The summed E-state index contributed by atoms with van der Waals surface area (Å²) in [5.74, 6) is 0.790. The SMILES string of the molecule is S=c1[nH]nc(Cc2ccccc2)n1N=Cc1ccccc1. The van der Waals surface area contributed by atoms with Gasteiger partial charge < -0.3 is 0 Å². The Morgan fingerprint density at radius 2 is 1.71 bits per heavy atom. The van der Waals surface area contributed by atoms with Crippen molar-refractivity contribution in [2.45, 2.75) is 6.42 Å². The predicted molar refractivity (Wildman–Crippen MR) is 86.1 cm³/mol. The lowest BCUT2D eigenvalue weighted by atomic mass is 10.1. The lowest BCUT2D eigenvalue weighted by molar-refractivity contribution is 0.792. The van der Waals surface area contributed by atoms with Gasteiger partial charge in [0, 0.05) is 6.42 Å². The van der Waals surface area contributed by atoms with Gasteiger partial charge in [-0.25, -0.2) is 0 Å². The van der Waals surface area contributed by atoms with E-state index in [9.17, 15) is 0 Å². The molecule has 0 saturated heterocycles. The van der Waals surface area contributed by atoms with Crippen LogP contribution in [0, 0.1) is 4.77 Å². The van der Waals surface area contributed by atoms with E-state index >= 15 is 0 Å². The molecule has 3 aromatic rings. The van der Waals surface area contributed by atoms with Crippen LogP contribution in [0.1, 0.15) is 17.0 Å². The molecule has 4 nitrogen and oxygen atoms in total. The van der Waals surface area contributed by atoms with Crippen molar-refractivity contribution in [3.8, 4) is 0 Å². The summed E-state index contributed by atoms with van der Waals surface area (Å²) in [4.78, 5) is 0. The number of hydrogen-bond acceptors (Lipinski definition) is 3. The van der Waals surface area contributed by atoms with E-state index in [4.69, 9.17) is 12.2 Å². The summed E-state index contributed by atoms with van der Waals surface area (Å²) >= 11 is 5.24. The van der Waals surface area contributed by atoms with Gasteiger partial charge in [0.15, 0.2) is 5.82 Å². The predicted octanol–water partition coefficient (Wildman–Crippen LogP) is 3.41. The Labute approximate surface area is 127 Å². The van der Waals surface area contributed by atoms with Crippen molar-refractivity contribution in [2.75, 3.05) is 0 Å². The highest BCUT2D eigenvalue weighted by molar-refractivity contribution is 7.71. The summed E-state index contributed by atoms with van der Waals surface area (Å²) in [6, 6.07) is 20.0. The Hall–Kier alpha value is -2.53. The maximum Gasteiger partial charge on any atom is 0.216 e. The van der Waals surface area contributed by atoms with Gasteiger partial charge in [-0.3, -0.25) is 5.10 Å². The second-order valence-corrected chi connectivity index (χ2v) is 4.96. The van der Waals surface area contributed by atoms with Crippen molar-refractivity contribution in [3.63, 3.8) is 0 Å². The molecule has 0 spiro atoms. The molecular weight excluding hydrogens is 280 g/mol. The largest absolute Gasteiger partial charge is 0.250 e. The third kappa shape index (κ3) is 3.32. The highest BCUT2D eigenvalue weighted by atomic mass is 32.1. The molecule has 1 N–H and O–H groups in total. The minimum atomic E-state index is 0.494. The number of H-pyrrole nitrogens is 1. The van der Waals surface area contributed by atoms with Crippen LogP contribution in [0.4, 0.5) is 0 Å². The first-order valence-corrected chi connectivity index (χ1v) is 7.03. The highest BCUT2D eigenvalue weighted by Gasteiger charge is 2.05. The number of nitrogens with zero attached hydrogens (tertiary/aromatic N) is 3. The van der Waals surface area contributed by atoms with Crippen molar-refractivity contribution in [1.82, 2.24) is 14.9 Å². The standard InChI is InChI=1S/C16H14N4S/c21-16-19-18-15(11-13-7-3-1-4-8-13)20(16)17-12-14-9-5-2-6-10-14/h1-10,12H,11H2,(H,19,21). The third-order valence-corrected chi connectivity index (χ3v) is 3.31. The van der Waals surface area contributed by atoms with Gasteiger partial charge in [0.1, 0.15) is 0 Å². The molecule has 0 saturated carbocycles. The van der Waals surface area contributed by atoms with Gasteiger partial charge in [-0.1, -0.05) is 60.7 Å². The van der Waals surface area contributed by atoms with Crippen LogP contribution in [0.3, 0.4) is 0 Å². The van der Waals surface area contributed by atoms with E-state index in [1.54, 1.807) is 10.9 Å². The number of aromatic nitrogens is 3. The lowest BCUT2D eigenvalue weighted by Gasteiger charge is -2.01. The first kappa shape index (κ1) is 13.5. The molecule has 0 radical (unpaired) electrons. The van der Waals surface area contributed by atoms with Gasteiger partial charge in [-0.2, -0.15) is 14.9 Å². The monoisotopic (exact) mass is 294 g/mol. The molecule has 5 heteroatoms. The van der Waals surface area contributed by atoms with Crippen molar-refractivity contribution in [2.24, 2.45) is 5.10 Å². The van der Waals surface area contributed by atoms with E-state index in [0.717, 1.165) is 11.4 Å². The number of benzene rings is 2. The molecular formula is C16H14N4S. The van der Waals surface area contributed by atoms with E-state index in [2.05, 4.69) is 27.4 Å². The molecule has 0 aliphatic rings. The van der Waals surface area contributed by atoms with E-state index in [1.807, 2.05) is 48.5 Å². The maximum absolute atomic E-state index is 5.24. The average Bonchev–Trinajstić information content (AvgIpc) is 2.87. The van der Waals surface area contributed by atoms with Crippen molar-refractivity contribution < 1.29 is 0 Å². The lowest BCUT2D eigenvalue weighted by Crippen LogP contribution is -2.00. The molecule has 104 valence electrons. The first-order valence-electron chi connectivity index (χ1n) is 6.62. The minimum absolute atomic E-state index is 0.494. The van der Waals surface area contributed by atoms with Crippen LogP contribution in [-0.2, 0) is 6.42 Å². The normalized spacial score (nSPS) is 11.0. The summed E-state index contributed by atoms with van der Waals surface area (Å²) in [5, 5.41) is 11.5. The molecule has 1 heterocycles. The van der Waals surface area contributed by atoms with Gasteiger partial charge in [0.2, 0.25) is 4.77 Å². The summed E-state index contributed by atoms with van der Waals surface area (Å²) in [6.07, 6.45) is 2.46. The molecule has 0 atom stereocenters. The molecule has 0 unspecified atom stereocenters. The Morgan fingerprint density at radius 3 is 2.43 bits per heavy atom. The van der Waals surface area contributed by atoms with Crippen LogP contribution in [0.15, 0.2) is 65.8 Å². The average molecular weight is 294 g/mol. The van der Waals surface area contributed by atoms with Crippen LogP contribution in [0.2, 0.25) is 0 Å². The Balaban J connectivity index is 1.87. The topological polar surface area (TPSA) is 46.0 Å². The summed E-state index contributed by atoms with van der Waals surface area (Å²) in [5.41, 5.74) is 2.19. The second-order valence-electron chi connectivity index (χ2n) is 4.57. The molecule has 3 rings (SSSR count). The number of hydrogen-bond donors (Lipinski definition) is 1. The van der Waals surface area contributed by atoms with E-state index in [-0.39, 0.29) is 0 Å². The Morgan fingerprint density at radius 1 is 1.05 bits per heavy atom. The molecule has 0 amide bonds. The highest BCUT2D eigenvalue weighted by Crippen LogP contribution is 2.07. The summed E-state index contributed by atoms with van der Waals surface area (Å²) < 4.78 is 2.16. The van der Waals surface area contributed by atoms with Crippen LogP contribution in [-0.4, -0.2) is 21.1 Å². The first-order chi connectivity index (χ1) is 10.3. The van der Waals surface area contributed by atoms with Crippen molar-refractivity contribution in [3.05, 3.63) is 82.4 Å². The zero-order chi connectivity index (χ0) is 14.5. The van der Waals surface area contributed by atoms with Crippen LogP contribution in [0.25, 0.3) is 0 Å². The second kappa shape index (κ2) is 6.28. The molecule has 0 fully saturated rings. The van der Waals surface area contributed by atoms with Gasteiger partial charge in [-0.05, 0) is 23.3 Å². The molecule has 0 aliphatic carbocycles. The molecule has 0 aliphatic heterocycles. The maximum atomic E-state index is 5.24. The fourth-order valence-electron chi connectivity index (χ4n) is 2.00. The number of nitrogens with one attached hydrogen (secondary N) is 1. The fourth-order valence-corrected chi connectivity index (χ4v) is 2.20. The summed E-state index contributed by atoms with van der Waals surface area (Å²) in [7, 11) is 0. The number of aromatic amines is 1. The van der Waals surface area contributed by atoms with Crippen molar-refractivity contribution in [1.29, 1.82) is 0 Å². The smallest absolute Gasteiger partial charge is 0.216 e. The minimum Gasteiger partial charge on any atom is -0.250 e. The fraction of sp³-hybridized carbons (Fsp3) is 0.0625. The van der Waals surface area contributed by atoms with E-state index in [1.165, 1.54) is 5.56 Å². The molecule has 2 aromatic carbocycles. The van der Waals surface area contributed by atoms with Gasteiger partial charge in [0.05, 0.1) is 6.21 Å². The van der Waals surface area contributed by atoms with Crippen molar-refractivity contribution >= 4 is 18.4 Å².